The number of aromatic hydroxyl groups is 1. The van der Waals surface area contributed by atoms with Crippen molar-refractivity contribution in [1.82, 2.24) is 9.97 Å². The lowest BCUT2D eigenvalue weighted by Crippen LogP contribution is -2.19. The minimum absolute atomic E-state index is 0.0215. The highest BCUT2D eigenvalue weighted by Gasteiger charge is 2.16. The number of aromatic amines is 1. The Bertz CT molecular complexity index is 1400. The van der Waals surface area contributed by atoms with Crippen LogP contribution in [-0.2, 0) is 0 Å². The van der Waals surface area contributed by atoms with E-state index in [-0.39, 0.29) is 5.75 Å². The van der Waals surface area contributed by atoms with E-state index in [1.807, 2.05) is 24.3 Å². The third-order valence-electron chi connectivity index (χ3n) is 4.50. The molecule has 0 aliphatic rings. The summed E-state index contributed by atoms with van der Waals surface area (Å²) in [6.45, 7) is 0. The Kier molecular flexibility index (Phi) is 2.33. The average Bonchev–Trinajstić information content (AvgIpc) is 2.90. The van der Waals surface area contributed by atoms with Gasteiger partial charge >= 0.3 is 0 Å². The van der Waals surface area contributed by atoms with Crippen LogP contribution in [0.2, 0.25) is 0 Å². The molecule has 5 aromatic rings. The van der Waals surface area contributed by atoms with Crippen LogP contribution in [0.1, 0.15) is 0 Å². The van der Waals surface area contributed by atoms with E-state index in [1.54, 1.807) is 24.3 Å². The molecule has 0 radical (unpaired) electrons. The van der Waals surface area contributed by atoms with Crippen LogP contribution in [0.5, 0.6) is 5.75 Å². The van der Waals surface area contributed by atoms with Crippen LogP contribution in [0.3, 0.4) is 0 Å². The molecule has 2 aromatic heterocycles. The van der Waals surface area contributed by atoms with E-state index in [1.165, 1.54) is 0 Å². The number of fused-ring (bicyclic) bond motifs is 3. The maximum absolute atomic E-state index is 12.4. The number of H-pyrrole nitrogens is 1. The Morgan fingerprint density at radius 1 is 0.792 bits per heavy atom. The van der Waals surface area contributed by atoms with E-state index in [0.29, 0.717) is 32.4 Å². The van der Waals surface area contributed by atoms with Crippen molar-refractivity contribution in [3.8, 4) is 5.75 Å². The summed E-state index contributed by atoms with van der Waals surface area (Å²) in [5.74, 6) is -0.0215. The maximum Gasteiger partial charge on any atom is 0.258 e. The van der Waals surface area contributed by atoms with E-state index in [0.717, 1.165) is 10.9 Å². The summed E-state index contributed by atoms with van der Waals surface area (Å²) in [6.07, 6.45) is 0. The van der Waals surface area contributed by atoms with Gasteiger partial charge in [0.2, 0.25) is 0 Å². The van der Waals surface area contributed by atoms with Gasteiger partial charge in [-0.15, -0.1) is 0 Å². The summed E-state index contributed by atoms with van der Waals surface area (Å²) >= 11 is 0. The van der Waals surface area contributed by atoms with Gasteiger partial charge < -0.3 is 5.11 Å². The fraction of sp³-hybridized carbons (Fsp3) is 0. The lowest BCUT2D eigenvalue weighted by molar-refractivity contribution is 0.487. The van der Waals surface area contributed by atoms with E-state index < -0.39 is 11.1 Å². The van der Waals surface area contributed by atoms with Crippen molar-refractivity contribution in [3.05, 3.63) is 69.2 Å². The number of benzene rings is 2. The van der Waals surface area contributed by atoms with E-state index in [4.69, 9.17) is 0 Å². The summed E-state index contributed by atoms with van der Waals surface area (Å²) < 4.78 is 0. The fourth-order valence-corrected chi connectivity index (χ4v) is 3.42. The molecule has 0 atom stereocenters. The topological polar surface area (TPSA) is 83.0 Å². The number of aromatic nitrogens is 2. The van der Waals surface area contributed by atoms with Crippen molar-refractivity contribution >= 4 is 43.4 Å². The normalized spacial score (nSPS) is 11.8. The predicted molar refractivity (Wildman–Crippen MR) is 94.0 cm³/mol. The van der Waals surface area contributed by atoms with Crippen LogP contribution in [0, 0.1) is 0 Å². The van der Waals surface area contributed by atoms with Crippen LogP contribution in [0.4, 0.5) is 0 Å². The minimum Gasteiger partial charge on any atom is -0.505 e. The number of rotatable bonds is 0. The van der Waals surface area contributed by atoms with Crippen molar-refractivity contribution in [2.45, 2.75) is 0 Å². The number of hydrogen-bond donors (Lipinski definition) is 2. The predicted octanol–water partition coefficient (Wildman–Crippen LogP) is 2.89. The first-order valence-corrected chi connectivity index (χ1v) is 7.48. The van der Waals surface area contributed by atoms with Gasteiger partial charge in [-0.25, -0.2) is 4.98 Å². The van der Waals surface area contributed by atoms with Gasteiger partial charge in [0.05, 0.1) is 5.52 Å². The second-order valence-corrected chi connectivity index (χ2v) is 5.81. The highest BCUT2D eigenvalue weighted by Crippen LogP contribution is 2.37. The molecule has 0 aliphatic carbocycles. The van der Waals surface area contributed by atoms with Crippen LogP contribution < -0.4 is 11.1 Å². The molecule has 5 nitrogen and oxygen atoms in total. The zero-order chi connectivity index (χ0) is 16.4. The van der Waals surface area contributed by atoms with Gasteiger partial charge in [0.15, 0.2) is 0 Å². The summed E-state index contributed by atoms with van der Waals surface area (Å²) in [6, 6.07) is 14.2. The van der Waals surface area contributed by atoms with Crippen molar-refractivity contribution in [2.75, 3.05) is 0 Å². The Balaban J connectivity index is 2.26. The number of para-hydroxylation sites is 1. The first kappa shape index (κ1) is 13.0. The van der Waals surface area contributed by atoms with Crippen molar-refractivity contribution in [1.29, 1.82) is 0 Å². The zero-order valence-electron chi connectivity index (χ0n) is 12.3. The summed E-state index contributed by atoms with van der Waals surface area (Å²) in [4.78, 5) is 31.4. The van der Waals surface area contributed by atoms with E-state index in [2.05, 4.69) is 9.97 Å². The summed E-state index contributed by atoms with van der Waals surface area (Å²) in [5.41, 5.74) is 0.247. The summed E-state index contributed by atoms with van der Waals surface area (Å²) in [7, 11) is 0. The Labute approximate surface area is 134 Å². The third kappa shape index (κ3) is 1.50. The van der Waals surface area contributed by atoms with Crippen molar-refractivity contribution in [2.24, 2.45) is 0 Å². The molecule has 0 spiro atoms. The number of nitrogens with one attached hydrogen (secondary N) is 1. The highest BCUT2D eigenvalue weighted by molar-refractivity contribution is 6.20. The van der Waals surface area contributed by atoms with Crippen LogP contribution in [0.15, 0.2) is 58.1 Å². The number of nitrogens with zero attached hydrogens (tertiary/aromatic N) is 1. The molecule has 114 valence electrons. The molecule has 0 saturated carbocycles. The molecule has 0 unspecified atom stereocenters. The highest BCUT2D eigenvalue weighted by atomic mass is 16.3. The second-order valence-electron chi connectivity index (χ2n) is 5.81. The van der Waals surface area contributed by atoms with E-state index in [9.17, 15) is 14.7 Å². The van der Waals surface area contributed by atoms with Gasteiger partial charge in [0, 0.05) is 32.3 Å². The smallest absolute Gasteiger partial charge is 0.258 e. The second kappa shape index (κ2) is 4.29. The molecule has 0 bridgehead atoms. The van der Waals surface area contributed by atoms with Gasteiger partial charge in [0.1, 0.15) is 11.3 Å². The Morgan fingerprint density at radius 3 is 2.38 bits per heavy atom. The van der Waals surface area contributed by atoms with Crippen molar-refractivity contribution in [3.63, 3.8) is 0 Å². The van der Waals surface area contributed by atoms with E-state index >= 15 is 0 Å². The first-order valence-electron chi connectivity index (χ1n) is 7.48. The zero-order valence-corrected chi connectivity index (χ0v) is 12.3. The molecular formula is C19H10N2O3. The molecule has 0 amide bonds. The quantitative estimate of drug-likeness (QED) is 0.460. The number of pyridine rings is 1. The lowest BCUT2D eigenvalue weighted by Gasteiger charge is -2.00. The monoisotopic (exact) mass is 314 g/mol. The van der Waals surface area contributed by atoms with Gasteiger partial charge in [-0.05, 0) is 18.2 Å². The number of hydrogen-bond acceptors (Lipinski definition) is 4. The fourth-order valence-electron chi connectivity index (χ4n) is 3.42. The third-order valence-corrected chi connectivity index (χ3v) is 4.50. The van der Waals surface area contributed by atoms with Gasteiger partial charge in [-0.2, -0.15) is 0 Å². The largest absolute Gasteiger partial charge is 0.505 e. The SMILES string of the molecule is O=c1[nH]c(=O)c2cc3c(nc4ccccc43)c(O)c3cccc1c32. The molecule has 0 aliphatic heterocycles. The first-order chi connectivity index (χ1) is 11.6. The Hall–Kier alpha value is -3.47. The van der Waals surface area contributed by atoms with Crippen LogP contribution >= 0.6 is 0 Å². The standard InChI is InChI=1S/C19H10N2O3/c22-17-10-5-3-6-11-15(10)13(19(24)21-18(11)23)8-12-9-4-1-2-7-14(9)20-16(12)17/h1-8,22H,(H,21,23,24). The molecule has 5 rings (SSSR count). The molecule has 0 fully saturated rings. The molecule has 24 heavy (non-hydrogen) atoms. The van der Waals surface area contributed by atoms with Crippen molar-refractivity contribution < 1.29 is 5.11 Å². The molecule has 0 saturated heterocycles. The molecular weight excluding hydrogens is 304 g/mol. The summed E-state index contributed by atoms with van der Waals surface area (Å²) in [5, 5.41) is 14.0. The molecule has 5 heteroatoms. The van der Waals surface area contributed by atoms with Gasteiger partial charge in [-0.1, -0.05) is 30.3 Å². The molecule has 2 heterocycles. The Morgan fingerprint density at radius 2 is 1.50 bits per heavy atom. The van der Waals surface area contributed by atoms with Crippen LogP contribution in [-0.4, -0.2) is 15.1 Å². The van der Waals surface area contributed by atoms with Gasteiger partial charge in [0.25, 0.3) is 11.1 Å². The average molecular weight is 314 g/mol. The van der Waals surface area contributed by atoms with Crippen LogP contribution in [0.25, 0.3) is 43.4 Å². The maximum atomic E-state index is 12.4. The molecule has 2 N–H and O–H groups in total. The molecule has 3 aromatic carbocycles. The lowest BCUT2D eigenvalue weighted by atomic mass is 10.1. The van der Waals surface area contributed by atoms with Gasteiger partial charge in [-0.3, -0.25) is 14.6 Å². The minimum atomic E-state index is -0.467.